The fourth-order valence-corrected chi connectivity index (χ4v) is 4.19. The standard InChI is InChI=1S/C16H25NO2S/c1-17-14(11-20-13-6-4-5-7-13)12-8-9-15(18-2)16(10-12)19-3/h8-10,13-14,17H,4-7,11H2,1-3H3. The zero-order chi connectivity index (χ0) is 14.4. The summed E-state index contributed by atoms with van der Waals surface area (Å²) in [6.45, 7) is 0. The van der Waals surface area contributed by atoms with E-state index in [1.54, 1.807) is 14.2 Å². The Labute approximate surface area is 126 Å². The molecule has 1 aromatic rings. The number of methoxy groups -OCH3 is 2. The average molecular weight is 295 g/mol. The highest BCUT2D eigenvalue weighted by molar-refractivity contribution is 7.99. The third-order valence-corrected chi connectivity index (χ3v) is 5.43. The first-order chi connectivity index (χ1) is 9.78. The Kier molecular flexibility index (Phi) is 6.05. The first-order valence-corrected chi connectivity index (χ1v) is 8.34. The molecule has 0 amide bonds. The lowest BCUT2D eigenvalue weighted by molar-refractivity contribution is 0.354. The van der Waals surface area contributed by atoms with Gasteiger partial charge >= 0.3 is 0 Å². The summed E-state index contributed by atoms with van der Waals surface area (Å²) in [6, 6.07) is 6.55. The number of nitrogens with one attached hydrogen (secondary N) is 1. The van der Waals surface area contributed by atoms with Crippen molar-refractivity contribution in [1.29, 1.82) is 0 Å². The second kappa shape index (κ2) is 7.79. The first kappa shape index (κ1) is 15.5. The van der Waals surface area contributed by atoms with Gasteiger partial charge in [-0.15, -0.1) is 0 Å². The first-order valence-electron chi connectivity index (χ1n) is 7.29. The number of rotatable bonds is 7. The largest absolute Gasteiger partial charge is 0.493 e. The summed E-state index contributed by atoms with van der Waals surface area (Å²) in [7, 11) is 5.38. The summed E-state index contributed by atoms with van der Waals surface area (Å²) in [6.07, 6.45) is 5.57. The Hall–Kier alpha value is -0.870. The summed E-state index contributed by atoms with van der Waals surface area (Å²) < 4.78 is 10.7. The van der Waals surface area contributed by atoms with Crippen LogP contribution in [0.3, 0.4) is 0 Å². The van der Waals surface area contributed by atoms with Crippen LogP contribution >= 0.6 is 11.8 Å². The highest BCUT2D eigenvalue weighted by Crippen LogP contribution is 2.34. The Morgan fingerprint density at radius 1 is 1.20 bits per heavy atom. The fraction of sp³-hybridized carbons (Fsp3) is 0.625. The molecule has 0 bridgehead atoms. The van der Waals surface area contributed by atoms with E-state index in [9.17, 15) is 0 Å². The van der Waals surface area contributed by atoms with Gasteiger partial charge < -0.3 is 14.8 Å². The lowest BCUT2D eigenvalue weighted by Crippen LogP contribution is -2.20. The molecule has 4 heteroatoms. The molecule has 20 heavy (non-hydrogen) atoms. The SMILES string of the molecule is CNC(CSC1CCCC1)c1ccc(OC)c(OC)c1. The van der Waals surface area contributed by atoms with E-state index < -0.39 is 0 Å². The molecule has 1 aliphatic rings. The minimum absolute atomic E-state index is 0.361. The zero-order valence-electron chi connectivity index (χ0n) is 12.6. The van der Waals surface area contributed by atoms with Crippen molar-refractivity contribution >= 4 is 11.8 Å². The van der Waals surface area contributed by atoms with Crippen LogP contribution in [0.15, 0.2) is 18.2 Å². The van der Waals surface area contributed by atoms with Gasteiger partial charge in [-0.05, 0) is 37.6 Å². The van der Waals surface area contributed by atoms with Gasteiger partial charge in [0.05, 0.1) is 14.2 Å². The molecule has 1 fully saturated rings. The van der Waals surface area contributed by atoms with Crippen LogP contribution in [0.4, 0.5) is 0 Å². The van der Waals surface area contributed by atoms with Crippen LogP contribution in [-0.2, 0) is 0 Å². The molecule has 0 spiro atoms. The summed E-state index contributed by atoms with van der Waals surface area (Å²) in [5.41, 5.74) is 1.26. The van der Waals surface area contributed by atoms with Gasteiger partial charge in [0.15, 0.2) is 11.5 Å². The van der Waals surface area contributed by atoms with Crippen molar-refractivity contribution < 1.29 is 9.47 Å². The average Bonchev–Trinajstić information content (AvgIpc) is 3.01. The van der Waals surface area contributed by atoms with Crippen LogP contribution in [0.5, 0.6) is 11.5 Å². The van der Waals surface area contributed by atoms with Gasteiger partial charge in [-0.1, -0.05) is 18.9 Å². The molecule has 1 unspecified atom stereocenters. The van der Waals surface area contributed by atoms with Crippen molar-refractivity contribution in [3.05, 3.63) is 23.8 Å². The molecule has 0 aromatic heterocycles. The fourth-order valence-electron chi connectivity index (χ4n) is 2.70. The van der Waals surface area contributed by atoms with Gasteiger partial charge in [-0.3, -0.25) is 0 Å². The lowest BCUT2D eigenvalue weighted by atomic mass is 10.1. The highest BCUT2D eigenvalue weighted by Gasteiger charge is 2.19. The van der Waals surface area contributed by atoms with Crippen molar-refractivity contribution in [3.63, 3.8) is 0 Å². The molecule has 1 aliphatic carbocycles. The van der Waals surface area contributed by atoms with Gasteiger partial charge in [-0.25, -0.2) is 0 Å². The predicted octanol–water partition coefficient (Wildman–Crippen LogP) is 3.64. The third kappa shape index (κ3) is 3.83. The maximum atomic E-state index is 5.39. The number of ether oxygens (including phenoxy) is 2. The van der Waals surface area contributed by atoms with E-state index in [2.05, 4.69) is 29.2 Å². The molecule has 0 radical (unpaired) electrons. The van der Waals surface area contributed by atoms with Crippen molar-refractivity contribution in [1.82, 2.24) is 5.32 Å². The number of thioether (sulfide) groups is 1. The van der Waals surface area contributed by atoms with Crippen molar-refractivity contribution in [2.75, 3.05) is 27.0 Å². The van der Waals surface area contributed by atoms with Gasteiger partial charge in [0.2, 0.25) is 0 Å². The van der Waals surface area contributed by atoms with Crippen LogP contribution in [0.2, 0.25) is 0 Å². The summed E-state index contributed by atoms with van der Waals surface area (Å²) in [4.78, 5) is 0. The van der Waals surface area contributed by atoms with Crippen molar-refractivity contribution in [2.24, 2.45) is 0 Å². The topological polar surface area (TPSA) is 30.5 Å². The second-order valence-electron chi connectivity index (χ2n) is 5.20. The van der Waals surface area contributed by atoms with E-state index in [-0.39, 0.29) is 0 Å². The quantitative estimate of drug-likeness (QED) is 0.832. The maximum Gasteiger partial charge on any atom is 0.161 e. The minimum Gasteiger partial charge on any atom is -0.493 e. The van der Waals surface area contributed by atoms with E-state index in [1.807, 2.05) is 13.1 Å². The van der Waals surface area contributed by atoms with Gasteiger partial charge in [0.1, 0.15) is 0 Å². The van der Waals surface area contributed by atoms with Crippen LogP contribution in [0.1, 0.15) is 37.3 Å². The number of benzene rings is 1. The molecule has 1 atom stereocenters. The van der Waals surface area contributed by atoms with E-state index >= 15 is 0 Å². The Morgan fingerprint density at radius 3 is 2.50 bits per heavy atom. The smallest absolute Gasteiger partial charge is 0.161 e. The van der Waals surface area contributed by atoms with E-state index in [1.165, 1.54) is 31.2 Å². The molecule has 2 rings (SSSR count). The van der Waals surface area contributed by atoms with Crippen LogP contribution in [-0.4, -0.2) is 32.3 Å². The monoisotopic (exact) mass is 295 g/mol. The Balaban J connectivity index is 2.02. The minimum atomic E-state index is 0.361. The van der Waals surface area contributed by atoms with Crippen LogP contribution in [0.25, 0.3) is 0 Å². The molecule has 112 valence electrons. The maximum absolute atomic E-state index is 5.39. The van der Waals surface area contributed by atoms with Gasteiger partial charge in [0, 0.05) is 17.0 Å². The second-order valence-corrected chi connectivity index (χ2v) is 6.53. The van der Waals surface area contributed by atoms with Gasteiger partial charge in [-0.2, -0.15) is 11.8 Å². The third-order valence-electron chi connectivity index (χ3n) is 3.96. The number of hydrogen-bond acceptors (Lipinski definition) is 4. The van der Waals surface area contributed by atoms with Crippen LogP contribution < -0.4 is 14.8 Å². The van der Waals surface area contributed by atoms with E-state index in [0.29, 0.717) is 6.04 Å². The van der Waals surface area contributed by atoms with Crippen LogP contribution in [0, 0.1) is 0 Å². The molecule has 0 heterocycles. The number of hydrogen-bond donors (Lipinski definition) is 1. The predicted molar refractivity (Wildman–Crippen MR) is 86.1 cm³/mol. The van der Waals surface area contributed by atoms with Crippen molar-refractivity contribution in [3.8, 4) is 11.5 Å². The molecular formula is C16H25NO2S. The molecule has 1 N–H and O–H groups in total. The Bertz CT molecular complexity index is 419. The molecule has 1 aromatic carbocycles. The van der Waals surface area contributed by atoms with Crippen molar-refractivity contribution in [2.45, 2.75) is 37.0 Å². The van der Waals surface area contributed by atoms with E-state index in [0.717, 1.165) is 22.5 Å². The molecule has 1 saturated carbocycles. The molecule has 0 saturated heterocycles. The zero-order valence-corrected chi connectivity index (χ0v) is 13.5. The summed E-state index contributed by atoms with van der Waals surface area (Å²) in [5.74, 6) is 2.70. The summed E-state index contributed by atoms with van der Waals surface area (Å²) >= 11 is 2.10. The summed E-state index contributed by atoms with van der Waals surface area (Å²) in [5, 5.41) is 4.27. The normalized spacial score (nSPS) is 17.1. The van der Waals surface area contributed by atoms with Gasteiger partial charge in [0.25, 0.3) is 0 Å². The molecular weight excluding hydrogens is 270 g/mol. The van der Waals surface area contributed by atoms with E-state index in [4.69, 9.17) is 9.47 Å². The molecule has 3 nitrogen and oxygen atoms in total. The molecule has 0 aliphatic heterocycles. The Morgan fingerprint density at radius 2 is 1.90 bits per heavy atom. The lowest BCUT2D eigenvalue weighted by Gasteiger charge is -2.20. The highest BCUT2D eigenvalue weighted by atomic mass is 32.2.